The maximum absolute atomic E-state index is 12.4. The van der Waals surface area contributed by atoms with Gasteiger partial charge in [0.1, 0.15) is 11.5 Å². The van der Waals surface area contributed by atoms with Gasteiger partial charge in [-0.3, -0.25) is 14.7 Å². The van der Waals surface area contributed by atoms with Gasteiger partial charge in [-0.05, 0) is 6.92 Å². The Bertz CT molecular complexity index is 642. The van der Waals surface area contributed by atoms with Gasteiger partial charge in [0.05, 0.1) is 18.4 Å². The quantitative estimate of drug-likeness (QED) is 0.824. The Hall–Kier alpha value is -2.28. The number of aryl methyl sites for hydroxylation is 2. The Morgan fingerprint density at radius 2 is 1.91 bits per heavy atom. The monoisotopic (exact) mass is 300 g/mol. The lowest BCUT2D eigenvalue weighted by molar-refractivity contribution is 0.0618. The number of carbonyl (C=O) groups is 1. The third-order valence-corrected chi connectivity index (χ3v) is 3.95. The summed E-state index contributed by atoms with van der Waals surface area (Å²) in [6, 6.07) is 0. The Kier molecular flexibility index (Phi) is 4.15. The second kappa shape index (κ2) is 6.23. The summed E-state index contributed by atoms with van der Waals surface area (Å²) in [7, 11) is 2.00. The topological polar surface area (TPSA) is 67.2 Å². The molecule has 0 aromatic carbocycles. The molecule has 0 bridgehead atoms. The van der Waals surface area contributed by atoms with Crippen molar-refractivity contribution < 1.29 is 4.79 Å². The first kappa shape index (κ1) is 14.6. The number of piperazine rings is 1. The lowest BCUT2D eigenvalue weighted by Gasteiger charge is -2.34. The second-order valence-electron chi connectivity index (χ2n) is 5.57. The fraction of sp³-hybridized carbons (Fsp3) is 0.467. The fourth-order valence-corrected chi connectivity index (χ4v) is 2.52. The van der Waals surface area contributed by atoms with Crippen LogP contribution < -0.4 is 0 Å². The van der Waals surface area contributed by atoms with Crippen LogP contribution in [0.1, 0.15) is 22.0 Å². The predicted octanol–water partition coefficient (Wildman–Crippen LogP) is 0.477. The Balaban J connectivity index is 1.56. The molecule has 2 aromatic rings. The first-order valence-electron chi connectivity index (χ1n) is 7.40. The fourth-order valence-electron chi connectivity index (χ4n) is 2.52. The van der Waals surface area contributed by atoms with Crippen molar-refractivity contribution in [1.29, 1.82) is 0 Å². The van der Waals surface area contributed by atoms with Crippen LogP contribution in [0, 0.1) is 6.92 Å². The summed E-state index contributed by atoms with van der Waals surface area (Å²) in [5.41, 5.74) is 1.24. The lowest BCUT2D eigenvalue weighted by Crippen LogP contribution is -2.48. The number of hydrogen-bond donors (Lipinski definition) is 0. The van der Waals surface area contributed by atoms with Gasteiger partial charge in [0, 0.05) is 51.8 Å². The van der Waals surface area contributed by atoms with Crippen molar-refractivity contribution in [3.63, 3.8) is 0 Å². The van der Waals surface area contributed by atoms with Crippen LogP contribution in [-0.2, 0) is 13.6 Å². The summed E-state index contributed by atoms with van der Waals surface area (Å²) in [6.07, 6.45) is 6.94. The molecule has 1 aliphatic heterocycles. The van der Waals surface area contributed by atoms with E-state index in [0.29, 0.717) is 18.8 Å². The van der Waals surface area contributed by atoms with Crippen LogP contribution in [0.3, 0.4) is 0 Å². The van der Waals surface area contributed by atoms with Crippen molar-refractivity contribution in [1.82, 2.24) is 29.3 Å². The molecule has 1 saturated heterocycles. The molecule has 0 saturated carbocycles. The minimum atomic E-state index is -0.0378. The van der Waals surface area contributed by atoms with E-state index in [1.165, 1.54) is 0 Å². The molecule has 7 heteroatoms. The zero-order valence-corrected chi connectivity index (χ0v) is 12.9. The van der Waals surface area contributed by atoms with E-state index in [-0.39, 0.29) is 5.91 Å². The van der Waals surface area contributed by atoms with Crippen molar-refractivity contribution in [2.45, 2.75) is 13.5 Å². The van der Waals surface area contributed by atoms with Crippen LogP contribution in [0.2, 0.25) is 0 Å². The summed E-state index contributed by atoms with van der Waals surface area (Å²) < 4.78 is 2.03. The molecule has 3 heterocycles. The van der Waals surface area contributed by atoms with Gasteiger partial charge in [0.2, 0.25) is 0 Å². The Morgan fingerprint density at radius 1 is 1.14 bits per heavy atom. The van der Waals surface area contributed by atoms with E-state index < -0.39 is 0 Å². The van der Waals surface area contributed by atoms with Crippen molar-refractivity contribution in [2.75, 3.05) is 26.2 Å². The molecule has 7 nitrogen and oxygen atoms in total. The number of aromatic nitrogens is 4. The summed E-state index contributed by atoms with van der Waals surface area (Å²) in [6.45, 7) is 5.78. The summed E-state index contributed by atoms with van der Waals surface area (Å²) in [4.78, 5) is 29.2. The molecule has 116 valence electrons. The zero-order valence-electron chi connectivity index (χ0n) is 12.9. The number of amides is 1. The van der Waals surface area contributed by atoms with E-state index in [0.717, 1.165) is 31.2 Å². The van der Waals surface area contributed by atoms with Crippen LogP contribution in [-0.4, -0.2) is 61.4 Å². The minimum absolute atomic E-state index is 0.0378. The molecular weight excluding hydrogens is 280 g/mol. The molecule has 3 rings (SSSR count). The largest absolute Gasteiger partial charge is 0.337 e. The van der Waals surface area contributed by atoms with E-state index in [1.54, 1.807) is 12.4 Å². The number of rotatable bonds is 3. The number of hydrogen-bond acceptors (Lipinski definition) is 5. The van der Waals surface area contributed by atoms with Crippen molar-refractivity contribution in [3.05, 3.63) is 42.0 Å². The van der Waals surface area contributed by atoms with Crippen molar-refractivity contribution in [2.24, 2.45) is 7.05 Å². The van der Waals surface area contributed by atoms with Gasteiger partial charge >= 0.3 is 0 Å². The lowest BCUT2D eigenvalue weighted by atomic mass is 10.2. The van der Waals surface area contributed by atoms with Gasteiger partial charge in [-0.15, -0.1) is 0 Å². The maximum atomic E-state index is 12.4. The first-order valence-corrected chi connectivity index (χ1v) is 7.40. The number of nitrogens with zero attached hydrogens (tertiary/aromatic N) is 6. The molecule has 0 N–H and O–H groups in total. The molecule has 0 unspecified atom stereocenters. The van der Waals surface area contributed by atoms with E-state index in [9.17, 15) is 4.79 Å². The third-order valence-electron chi connectivity index (χ3n) is 3.95. The molecule has 1 amide bonds. The second-order valence-corrected chi connectivity index (χ2v) is 5.57. The van der Waals surface area contributed by atoms with Crippen LogP contribution >= 0.6 is 0 Å². The van der Waals surface area contributed by atoms with Crippen molar-refractivity contribution in [3.8, 4) is 0 Å². The highest BCUT2D eigenvalue weighted by molar-refractivity contribution is 5.92. The van der Waals surface area contributed by atoms with Gasteiger partial charge in [-0.2, -0.15) is 0 Å². The van der Waals surface area contributed by atoms with E-state index in [1.807, 2.05) is 35.8 Å². The smallest absolute Gasteiger partial charge is 0.274 e. The highest BCUT2D eigenvalue weighted by atomic mass is 16.2. The average Bonchev–Trinajstić information content (AvgIpc) is 2.93. The Labute approximate surface area is 129 Å². The van der Waals surface area contributed by atoms with Gasteiger partial charge < -0.3 is 9.47 Å². The highest BCUT2D eigenvalue weighted by Crippen LogP contribution is 2.09. The molecule has 2 aromatic heterocycles. The predicted molar refractivity (Wildman–Crippen MR) is 81.2 cm³/mol. The molecule has 1 aliphatic rings. The standard InChI is InChI=1S/C15H20N6O/c1-12-9-18-13(10-17-12)15(22)21-7-5-20(6-8-21)11-14-16-3-4-19(14)2/h3-4,9-10H,5-8,11H2,1-2H3. The van der Waals surface area contributed by atoms with Crippen LogP contribution in [0.15, 0.2) is 24.8 Å². The zero-order chi connectivity index (χ0) is 15.5. The third kappa shape index (κ3) is 3.14. The van der Waals surface area contributed by atoms with Gasteiger partial charge in [-0.1, -0.05) is 0 Å². The van der Waals surface area contributed by atoms with Crippen LogP contribution in [0.4, 0.5) is 0 Å². The van der Waals surface area contributed by atoms with Gasteiger partial charge in [0.15, 0.2) is 0 Å². The SMILES string of the molecule is Cc1cnc(C(=O)N2CCN(Cc3nccn3C)CC2)cn1. The van der Waals surface area contributed by atoms with Gasteiger partial charge in [-0.25, -0.2) is 9.97 Å². The normalized spacial score (nSPS) is 16.0. The summed E-state index contributed by atoms with van der Waals surface area (Å²) in [5, 5.41) is 0. The first-order chi connectivity index (χ1) is 10.6. The molecule has 1 fully saturated rings. The molecule has 0 aliphatic carbocycles. The molecule has 0 atom stereocenters. The van der Waals surface area contributed by atoms with Crippen LogP contribution in [0.25, 0.3) is 0 Å². The highest BCUT2D eigenvalue weighted by Gasteiger charge is 2.23. The van der Waals surface area contributed by atoms with E-state index in [4.69, 9.17) is 0 Å². The van der Waals surface area contributed by atoms with E-state index in [2.05, 4.69) is 19.9 Å². The minimum Gasteiger partial charge on any atom is -0.337 e. The molecule has 0 spiro atoms. The summed E-state index contributed by atoms with van der Waals surface area (Å²) in [5.74, 6) is 1.01. The molecule has 22 heavy (non-hydrogen) atoms. The van der Waals surface area contributed by atoms with Gasteiger partial charge in [0.25, 0.3) is 5.91 Å². The molecule has 0 radical (unpaired) electrons. The maximum Gasteiger partial charge on any atom is 0.274 e. The Morgan fingerprint density at radius 3 is 2.50 bits per heavy atom. The number of carbonyl (C=O) groups excluding carboxylic acids is 1. The van der Waals surface area contributed by atoms with E-state index >= 15 is 0 Å². The van der Waals surface area contributed by atoms with Crippen molar-refractivity contribution >= 4 is 5.91 Å². The number of imidazole rings is 1. The molecular formula is C15H20N6O. The van der Waals surface area contributed by atoms with Crippen LogP contribution in [0.5, 0.6) is 0 Å². The average molecular weight is 300 g/mol. The summed E-state index contributed by atoms with van der Waals surface area (Å²) >= 11 is 0.